The van der Waals surface area contributed by atoms with E-state index in [0.717, 1.165) is 39.9 Å². The Kier molecular flexibility index (Phi) is 10.2. The molecule has 0 N–H and O–H groups in total. The molecule has 3 rings (SSSR count). The number of aryl methyl sites for hydroxylation is 2. The zero-order valence-corrected chi connectivity index (χ0v) is 19.6. The Bertz CT molecular complexity index is 910. The minimum absolute atomic E-state index is 0.512. The smallest absolute Gasteiger partial charge is 0.160 e. The number of hydrogen-bond donors (Lipinski definition) is 0. The van der Waals surface area contributed by atoms with Crippen molar-refractivity contribution in [2.75, 3.05) is 0 Å². The molecule has 0 saturated heterocycles. The average Bonchev–Trinajstić information content (AvgIpc) is 3.17. The highest BCUT2D eigenvalue weighted by molar-refractivity contribution is 7.15. The van der Waals surface area contributed by atoms with Crippen LogP contribution in [0.4, 0.5) is 0 Å². The fourth-order valence-corrected chi connectivity index (χ4v) is 4.08. The van der Waals surface area contributed by atoms with E-state index in [1.807, 2.05) is 39.0 Å². The number of aromatic nitrogens is 3. The van der Waals surface area contributed by atoms with Crippen molar-refractivity contribution in [2.24, 2.45) is 4.99 Å². The Balaban J connectivity index is 0.000000527. The van der Waals surface area contributed by atoms with E-state index in [2.05, 4.69) is 55.3 Å². The number of rotatable bonds is 5. The highest BCUT2D eigenvalue weighted by Crippen LogP contribution is 2.36. The number of hydrogen-bond acceptors (Lipinski definition) is 4. The van der Waals surface area contributed by atoms with Gasteiger partial charge in [0.25, 0.3) is 0 Å². The summed E-state index contributed by atoms with van der Waals surface area (Å²) in [5.41, 5.74) is 4.33. The minimum atomic E-state index is 0.512. The monoisotopic (exact) mass is 410 g/mol. The summed E-state index contributed by atoms with van der Waals surface area (Å²) in [5.74, 6) is 1.76. The van der Waals surface area contributed by atoms with E-state index < -0.39 is 0 Å². The van der Waals surface area contributed by atoms with Crippen LogP contribution in [-0.2, 0) is 6.54 Å². The van der Waals surface area contributed by atoms with Gasteiger partial charge in [-0.25, -0.2) is 0 Å². The molecule has 29 heavy (non-hydrogen) atoms. The van der Waals surface area contributed by atoms with Gasteiger partial charge in [-0.3, -0.25) is 9.56 Å². The molecule has 0 amide bonds. The fraction of sp³-hybridized carbons (Fsp3) is 0.375. The van der Waals surface area contributed by atoms with Crippen LogP contribution in [-0.4, -0.2) is 20.5 Å². The van der Waals surface area contributed by atoms with E-state index >= 15 is 0 Å². The van der Waals surface area contributed by atoms with Crippen LogP contribution in [0.25, 0.3) is 5.00 Å². The van der Waals surface area contributed by atoms with Gasteiger partial charge < -0.3 is 0 Å². The zero-order valence-electron chi connectivity index (χ0n) is 18.7. The topological polar surface area (TPSA) is 43.1 Å². The summed E-state index contributed by atoms with van der Waals surface area (Å²) in [6.45, 7) is 24.2. The number of unbranched alkanes of at least 4 members (excludes halogenated alkanes) is 1. The second-order valence-corrected chi connectivity index (χ2v) is 7.47. The van der Waals surface area contributed by atoms with E-state index in [0.29, 0.717) is 6.54 Å². The van der Waals surface area contributed by atoms with Crippen LogP contribution in [0.3, 0.4) is 0 Å². The fourth-order valence-electron chi connectivity index (χ4n) is 2.86. The SMILES string of the molecule is C=C/C=C(\C=C)C1=NCc2nnc(C)n2-c2sc(C)c(C)c21.C=CCCC.CC. The van der Waals surface area contributed by atoms with Crippen molar-refractivity contribution in [1.82, 2.24) is 14.8 Å². The zero-order chi connectivity index (χ0) is 22.0. The molecule has 0 radical (unpaired) electrons. The van der Waals surface area contributed by atoms with Crippen molar-refractivity contribution in [3.05, 3.63) is 77.3 Å². The van der Waals surface area contributed by atoms with Crippen LogP contribution in [0.1, 0.15) is 61.3 Å². The van der Waals surface area contributed by atoms with Crippen LogP contribution >= 0.6 is 11.3 Å². The van der Waals surface area contributed by atoms with Crippen molar-refractivity contribution in [1.29, 1.82) is 0 Å². The average molecular weight is 411 g/mol. The van der Waals surface area contributed by atoms with E-state index in [9.17, 15) is 0 Å². The second kappa shape index (κ2) is 12.1. The van der Waals surface area contributed by atoms with Crippen molar-refractivity contribution < 1.29 is 0 Å². The maximum atomic E-state index is 4.80. The third-order valence-corrected chi connectivity index (χ3v) is 5.55. The Labute approximate surface area is 180 Å². The van der Waals surface area contributed by atoms with Gasteiger partial charge in [-0.1, -0.05) is 64.7 Å². The lowest BCUT2D eigenvalue weighted by atomic mass is 9.99. The van der Waals surface area contributed by atoms with E-state index in [1.54, 1.807) is 17.4 Å². The maximum Gasteiger partial charge on any atom is 0.160 e. The third kappa shape index (κ3) is 5.51. The molecule has 156 valence electrons. The van der Waals surface area contributed by atoms with Crippen molar-refractivity contribution in [3.63, 3.8) is 0 Å². The molecule has 2 aromatic heterocycles. The molecule has 1 aliphatic heterocycles. The first kappa shape index (κ1) is 24.5. The molecule has 0 saturated carbocycles. The molecule has 0 unspecified atom stereocenters. The summed E-state index contributed by atoms with van der Waals surface area (Å²) in [4.78, 5) is 6.07. The lowest BCUT2D eigenvalue weighted by Crippen LogP contribution is -2.07. The summed E-state index contributed by atoms with van der Waals surface area (Å²) < 4.78 is 2.12. The van der Waals surface area contributed by atoms with Crippen LogP contribution in [0.15, 0.2) is 54.6 Å². The van der Waals surface area contributed by atoms with Crippen molar-refractivity contribution in [2.45, 2.75) is 60.9 Å². The molecule has 5 heteroatoms. The second-order valence-electron chi connectivity index (χ2n) is 6.27. The standard InChI is InChI=1S/C17H18N4S.C5H10.C2H6/c1-6-8-13(7-2)16-15-10(3)11(4)22-17(15)21-12(5)19-20-14(21)9-18-16;1-3-5-4-2;1-2/h6-8H,1-2,9H2,3-5H3;3H,1,4-5H2,2H3;1-2H3/b13-8+;;. The Morgan fingerprint density at radius 2 is 1.83 bits per heavy atom. The molecule has 3 heterocycles. The van der Waals surface area contributed by atoms with Gasteiger partial charge in [-0.2, -0.15) is 0 Å². The van der Waals surface area contributed by atoms with Gasteiger partial charge in [0.15, 0.2) is 5.82 Å². The van der Waals surface area contributed by atoms with Crippen LogP contribution < -0.4 is 0 Å². The molecule has 1 aliphatic rings. The Hall–Kier alpha value is -2.53. The molecular formula is C24H34N4S. The Morgan fingerprint density at radius 1 is 1.14 bits per heavy atom. The summed E-state index contributed by atoms with van der Waals surface area (Å²) in [6, 6.07) is 0. The summed E-state index contributed by atoms with van der Waals surface area (Å²) in [7, 11) is 0. The van der Waals surface area contributed by atoms with Crippen molar-refractivity contribution >= 4 is 17.0 Å². The summed E-state index contributed by atoms with van der Waals surface area (Å²) in [5, 5.41) is 9.61. The molecule has 0 spiro atoms. The number of aliphatic imine (C=N–C) groups is 1. The van der Waals surface area contributed by atoms with Gasteiger partial charge in [0.05, 0.1) is 5.71 Å². The van der Waals surface area contributed by atoms with Crippen LogP contribution in [0, 0.1) is 20.8 Å². The number of fused-ring (bicyclic) bond motifs is 3. The molecule has 0 atom stereocenters. The molecule has 0 aliphatic carbocycles. The molecular weight excluding hydrogens is 376 g/mol. The lowest BCUT2D eigenvalue weighted by molar-refractivity contribution is 0.869. The normalized spacial score (nSPS) is 12.1. The highest BCUT2D eigenvalue weighted by Gasteiger charge is 2.26. The first-order valence-electron chi connectivity index (χ1n) is 10.1. The summed E-state index contributed by atoms with van der Waals surface area (Å²) >= 11 is 1.76. The molecule has 0 bridgehead atoms. The van der Waals surface area contributed by atoms with Gasteiger partial charge in [0.2, 0.25) is 0 Å². The van der Waals surface area contributed by atoms with Crippen LogP contribution in [0.5, 0.6) is 0 Å². The van der Waals surface area contributed by atoms with Crippen molar-refractivity contribution in [3.8, 4) is 5.00 Å². The van der Waals surface area contributed by atoms with Gasteiger partial charge in [-0.05, 0) is 38.3 Å². The predicted octanol–water partition coefficient (Wildman–Crippen LogP) is 6.85. The summed E-state index contributed by atoms with van der Waals surface area (Å²) in [6.07, 6.45) is 9.85. The van der Waals surface area contributed by atoms with Gasteiger partial charge >= 0.3 is 0 Å². The number of nitrogens with zero attached hydrogens (tertiary/aromatic N) is 4. The van der Waals surface area contributed by atoms with Gasteiger partial charge in [0, 0.05) is 10.4 Å². The van der Waals surface area contributed by atoms with E-state index in [1.165, 1.54) is 16.9 Å². The molecule has 4 nitrogen and oxygen atoms in total. The first-order chi connectivity index (χ1) is 14.0. The minimum Gasteiger partial charge on any atom is -0.276 e. The lowest BCUT2D eigenvalue weighted by Gasteiger charge is -2.09. The quantitative estimate of drug-likeness (QED) is 0.399. The third-order valence-electron chi connectivity index (χ3n) is 4.36. The van der Waals surface area contributed by atoms with E-state index in [-0.39, 0.29) is 0 Å². The van der Waals surface area contributed by atoms with Gasteiger partial charge in [0.1, 0.15) is 17.4 Å². The largest absolute Gasteiger partial charge is 0.276 e. The highest BCUT2D eigenvalue weighted by atomic mass is 32.1. The molecule has 0 aromatic carbocycles. The number of allylic oxidation sites excluding steroid dienone is 5. The first-order valence-corrected chi connectivity index (χ1v) is 10.9. The van der Waals surface area contributed by atoms with E-state index in [4.69, 9.17) is 4.99 Å². The van der Waals surface area contributed by atoms with Crippen LogP contribution in [0.2, 0.25) is 0 Å². The number of thiophene rings is 1. The maximum absolute atomic E-state index is 4.80. The Morgan fingerprint density at radius 3 is 2.34 bits per heavy atom. The van der Waals surface area contributed by atoms with Gasteiger partial charge in [-0.15, -0.1) is 28.1 Å². The molecule has 2 aromatic rings. The molecule has 0 fully saturated rings. The predicted molar refractivity (Wildman–Crippen MR) is 129 cm³/mol.